The molecule has 53 heavy (non-hydrogen) atoms. The molecule has 14 heteroatoms. The van der Waals surface area contributed by atoms with Crippen LogP contribution in [0.2, 0.25) is 0 Å². The molecule has 3 aliphatic carbocycles. The average molecular weight is 734 g/mol. The number of carbonyl (C=O) groups is 7. The first-order valence-corrected chi connectivity index (χ1v) is 19.5. The Kier molecular flexibility index (Phi) is 13.9. The van der Waals surface area contributed by atoms with E-state index in [1.807, 2.05) is 6.92 Å². The second-order valence-corrected chi connectivity index (χ2v) is 15.2. The van der Waals surface area contributed by atoms with E-state index in [2.05, 4.69) is 31.2 Å². The number of nitrogens with zero attached hydrogens (tertiary/aromatic N) is 3. The van der Waals surface area contributed by atoms with E-state index in [4.69, 9.17) is 0 Å². The Balaban J connectivity index is 1.39. The Morgan fingerprint density at radius 2 is 1.64 bits per heavy atom. The summed E-state index contributed by atoms with van der Waals surface area (Å²) >= 11 is 0. The van der Waals surface area contributed by atoms with Gasteiger partial charge < -0.3 is 26.2 Å². The van der Waals surface area contributed by atoms with Crippen LogP contribution in [0, 0.1) is 17.8 Å². The van der Waals surface area contributed by atoms with Crippen molar-refractivity contribution in [1.29, 1.82) is 0 Å². The lowest BCUT2D eigenvalue weighted by molar-refractivity contribution is -0.144. The first kappa shape index (κ1) is 39.7. The molecule has 4 fully saturated rings. The zero-order chi connectivity index (χ0) is 38.1. The topological polar surface area (TPSA) is 197 Å². The minimum Gasteiger partial charge on any atom is -0.347 e. The van der Waals surface area contributed by atoms with Crippen LogP contribution >= 0.6 is 0 Å². The number of amides is 5. The number of aromatic nitrogens is 2. The van der Waals surface area contributed by atoms with Gasteiger partial charge in [0.25, 0.3) is 11.8 Å². The molecule has 3 saturated carbocycles. The van der Waals surface area contributed by atoms with E-state index in [1.165, 1.54) is 23.5 Å². The van der Waals surface area contributed by atoms with E-state index >= 15 is 0 Å². The van der Waals surface area contributed by atoms with Crippen molar-refractivity contribution in [3.63, 3.8) is 0 Å². The Hall–Kier alpha value is -4.49. The number of nitrogens with one attached hydrogen (secondary N) is 4. The molecule has 6 atom stereocenters. The summed E-state index contributed by atoms with van der Waals surface area (Å²) in [4.78, 5) is 105. The summed E-state index contributed by atoms with van der Waals surface area (Å²) in [7, 11) is 0. The van der Waals surface area contributed by atoms with E-state index in [9.17, 15) is 33.6 Å². The van der Waals surface area contributed by atoms with Gasteiger partial charge in [-0.1, -0.05) is 45.1 Å². The summed E-state index contributed by atoms with van der Waals surface area (Å²) in [5, 5.41) is 11.3. The molecule has 0 spiro atoms. The van der Waals surface area contributed by atoms with Crippen LogP contribution in [0.3, 0.4) is 0 Å². The Bertz CT molecular complexity index is 1560. The van der Waals surface area contributed by atoms with Crippen LogP contribution in [0.1, 0.15) is 121 Å². The van der Waals surface area contributed by atoms with Crippen molar-refractivity contribution in [2.75, 3.05) is 6.54 Å². The highest BCUT2D eigenvalue weighted by molar-refractivity contribution is 6.38. The zero-order valence-corrected chi connectivity index (χ0v) is 31.2. The molecular weight excluding hydrogens is 678 g/mol. The highest BCUT2D eigenvalue weighted by Gasteiger charge is 2.51. The predicted octanol–water partition coefficient (Wildman–Crippen LogP) is 2.72. The van der Waals surface area contributed by atoms with E-state index in [0.717, 1.165) is 51.4 Å². The largest absolute Gasteiger partial charge is 0.347 e. The van der Waals surface area contributed by atoms with Gasteiger partial charge in [0.05, 0.1) is 12.2 Å². The van der Waals surface area contributed by atoms with E-state index in [1.54, 1.807) is 19.9 Å². The lowest BCUT2D eigenvalue weighted by Crippen LogP contribution is -2.59. The first-order chi connectivity index (χ1) is 25.5. The summed E-state index contributed by atoms with van der Waals surface area (Å²) in [6, 6.07) is -4.09. The second-order valence-electron chi connectivity index (χ2n) is 15.2. The molecule has 4 aliphatic rings. The van der Waals surface area contributed by atoms with Gasteiger partial charge in [0.2, 0.25) is 23.5 Å². The molecule has 0 aromatic carbocycles. The van der Waals surface area contributed by atoms with Crippen LogP contribution in [0.5, 0.6) is 0 Å². The summed E-state index contributed by atoms with van der Waals surface area (Å²) in [5.41, 5.74) is 0.590. The fraction of sp³-hybridized carbons (Fsp3) is 0.667. The minimum absolute atomic E-state index is 0.0114. The van der Waals surface area contributed by atoms with Crippen LogP contribution < -0.4 is 21.3 Å². The minimum atomic E-state index is -1.16. The molecule has 288 valence electrons. The second kappa shape index (κ2) is 18.5. The van der Waals surface area contributed by atoms with Crippen LogP contribution in [-0.2, 0) is 28.8 Å². The van der Waals surface area contributed by atoms with Crippen molar-refractivity contribution in [1.82, 2.24) is 36.1 Å². The SMILES string of the molecule is C/C=C(\C)C(=O)CC[C@H](NC(=O)[C@@H](NC(=O)c1cnccn1)C1CCCCC1)C(=O)N1C[C@@H]2CCC[C@@H]2C1C(=O)N[C@@H](CCC)C(=O)C(=O)NC1CC1. The quantitative estimate of drug-likeness (QED) is 0.137. The maximum Gasteiger partial charge on any atom is 0.289 e. The molecule has 1 aliphatic heterocycles. The van der Waals surface area contributed by atoms with Crippen molar-refractivity contribution >= 4 is 41.1 Å². The predicted molar refractivity (Wildman–Crippen MR) is 195 cm³/mol. The maximum absolute atomic E-state index is 14.7. The van der Waals surface area contributed by atoms with Gasteiger partial charge in [-0.25, -0.2) is 4.98 Å². The Morgan fingerprint density at radius 3 is 2.30 bits per heavy atom. The summed E-state index contributed by atoms with van der Waals surface area (Å²) in [6.07, 6.45) is 15.0. The monoisotopic (exact) mass is 733 g/mol. The zero-order valence-electron chi connectivity index (χ0n) is 31.2. The van der Waals surface area contributed by atoms with Gasteiger partial charge in [-0.3, -0.25) is 38.5 Å². The smallest absolute Gasteiger partial charge is 0.289 e. The van der Waals surface area contributed by atoms with Gasteiger partial charge in [-0.2, -0.15) is 0 Å². The molecule has 5 rings (SSSR count). The molecular formula is C39H55N7O7. The van der Waals surface area contributed by atoms with Gasteiger partial charge in [0.15, 0.2) is 5.78 Å². The maximum atomic E-state index is 14.7. The van der Waals surface area contributed by atoms with E-state index < -0.39 is 59.5 Å². The number of fused-ring (bicyclic) bond motifs is 1. The number of ketones is 2. The number of rotatable bonds is 17. The number of hydrogen-bond donors (Lipinski definition) is 4. The van der Waals surface area contributed by atoms with Gasteiger partial charge in [-0.15, -0.1) is 0 Å². The fourth-order valence-electron chi connectivity index (χ4n) is 8.17. The lowest BCUT2D eigenvalue weighted by Gasteiger charge is -2.34. The number of carbonyl (C=O) groups excluding carboxylic acids is 7. The summed E-state index contributed by atoms with van der Waals surface area (Å²) in [5.74, 6) is -3.96. The molecule has 4 N–H and O–H groups in total. The summed E-state index contributed by atoms with van der Waals surface area (Å²) < 4.78 is 0. The number of allylic oxidation sites excluding steroid dienone is 2. The molecule has 0 radical (unpaired) electrons. The fourth-order valence-corrected chi connectivity index (χ4v) is 8.17. The normalized spacial score (nSPS) is 23.3. The van der Waals surface area contributed by atoms with Crippen molar-refractivity contribution in [2.24, 2.45) is 17.8 Å². The summed E-state index contributed by atoms with van der Waals surface area (Å²) in [6.45, 7) is 5.61. The number of hydrogen-bond acceptors (Lipinski definition) is 9. The third-order valence-corrected chi connectivity index (χ3v) is 11.4. The molecule has 1 unspecified atom stereocenters. The molecule has 1 aromatic heterocycles. The number of Topliss-reactive ketones (excluding diaryl/α,β-unsaturated/α-hetero) is 2. The lowest BCUT2D eigenvalue weighted by atomic mass is 9.83. The third kappa shape index (κ3) is 10.1. The van der Waals surface area contributed by atoms with Crippen LogP contribution in [0.25, 0.3) is 0 Å². The molecule has 1 aromatic rings. The van der Waals surface area contributed by atoms with Gasteiger partial charge >= 0.3 is 0 Å². The van der Waals surface area contributed by atoms with Crippen molar-refractivity contribution in [3.8, 4) is 0 Å². The standard InChI is InChI=1S/C39H55N7O7/c1-4-10-28(34(48)38(52)42-26-15-16-26)43-37(51)33-27-14-9-13-25(27)22-46(33)39(53)29(17-18-31(47)23(3)5-2)44-36(50)32(24-11-7-6-8-12-24)45-35(49)30-21-40-19-20-41-30/h5,19-21,24-29,32-33H,4,6-18,22H2,1-3H3,(H,42,52)(H,43,51)(H,44,50)(H,45,49)/b23-5+/t25-,27-,28-,29-,32-,33?/m0/s1. The van der Waals surface area contributed by atoms with Gasteiger partial charge in [0.1, 0.15) is 23.8 Å². The molecule has 14 nitrogen and oxygen atoms in total. The van der Waals surface area contributed by atoms with Crippen molar-refractivity contribution in [2.45, 2.75) is 141 Å². The Labute approximate surface area is 311 Å². The average Bonchev–Trinajstić information content (AvgIpc) is 3.74. The number of likely N-dealkylation sites (tertiary alicyclic amines) is 1. The molecule has 2 heterocycles. The highest BCUT2D eigenvalue weighted by atomic mass is 16.2. The molecule has 5 amide bonds. The Morgan fingerprint density at radius 1 is 0.887 bits per heavy atom. The van der Waals surface area contributed by atoms with Crippen LogP contribution in [-0.4, -0.2) is 92.7 Å². The van der Waals surface area contributed by atoms with Crippen LogP contribution in [0.4, 0.5) is 0 Å². The highest BCUT2D eigenvalue weighted by Crippen LogP contribution is 2.43. The van der Waals surface area contributed by atoms with Crippen LogP contribution in [0.15, 0.2) is 30.2 Å². The van der Waals surface area contributed by atoms with Crippen molar-refractivity contribution in [3.05, 3.63) is 35.9 Å². The van der Waals surface area contributed by atoms with E-state index in [-0.39, 0.29) is 54.5 Å². The van der Waals surface area contributed by atoms with Gasteiger partial charge in [0, 0.05) is 31.4 Å². The molecule has 0 bridgehead atoms. The van der Waals surface area contributed by atoms with Crippen molar-refractivity contribution < 1.29 is 33.6 Å². The first-order valence-electron chi connectivity index (χ1n) is 19.5. The van der Waals surface area contributed by atoms with E-state index in [0.29, 0.717) is 31.4 Å². The third-order valence-electron chi connectivity index (χ3n) is 11.4. The van der Waals surface area contributed by atoms with Gasteiger partial charge in [-0.05, 0) is 88.5 Å². The molecule has 1 saturated heterocycles.